The molecule has 1 rings (SSSR count). The molecular weight excluding hydrogens is 180 g/mol. The Morgan fingerprint density at radius 3 is 3.00 bits per heavy atom. The molecule has 2 N–H and O–H groups in total. The van der Waals surface area contributed by atoms with Gasteiger partial charge in [0.15, 0.2) is 0 Å². The van der Waals surface area contributed by atoms with Gasteiger partial charge < -0.3 is 10.3 Å². The molecule has 72 valence electrons. The topological polar surface area (TPSA) is 57.8 Å². The maximum atomic E-state index is 11.7. The molecule has 0 aliphatic carbocycles. The van der Waals surface area contributed by atoms with Crippen molar-refractivity contribution in [3.8, 4) is 0 Å². The second-order valence-corrected chi connectivity index (χ2v) is 2.38. The van der Waals surface area contributed by atoms with Gasteiger partial charge in [0.2, 0.25) is 0 Å². The smallest absolute Gasteiger partial charge is 0.315 e. The number of carbonyl (C=O) groups excluding carboxylic acids is 1. The van der Waals surface area contributed by atoms with E-state index in [1.807, 2.05) is 0 Å². The highest BCUT2D eigenvalue weighted by Gasteiger charge is 2.13. The lowest BCUT2D eigenvalue weighted by Crippen LogP contribution is -2.31. The van der Waals surface area contributed by atoms with Crippen molar-refractivity contribution in [2.75, 3.05) is 6.54 Å². The first-order chi connectivity index (χ1) is 6.20. The van der Waals surface area contributed by atoms with Gasteiger partial charge in [-0.15, -0.1) is 0 Å². The number of nitrogens with zero attached hydrogens (tertiary/aromatic N) is 1. The van der Waals surface area contributed by atoms with E-state index >= 15 is 0 Å². The molecule has 0 radical (unpaired) electrons. The second-order valence-electron chi connectivity index (χ2n) is 2.38. The molecule has 0 atom stereocenters. The third-order valence-electron chi connectivity index (χ3n) is 1.41. The molecule has 1 heterocycles. The van der Waals surface area contributed by atoms with E-state index in [1.165, 1.54) is 0 Å². The molecule has 1 aromatic rings. The molecule has 1 amide bonds. The van der Waals surface area contributed by atoms with E-state index in [1.54, 1.807) is 12.4 Å². The monoisotopic (exact) mass is 189 g/mol. The quantitative estimate of drug-likeness (QED) is 0.717. The molecule has 0 saturated heterocycles. The van der Waals surface area contributed by atoms with E-state index < -0.39 is 12.3 Å². The molecule has 0 aliphatic heterocycles. The fraction of sp³-hybridized carbons (Fsp3) is 0.429. The summed E-state index contributed by atoms with van der Waals surface area (Å²) in [6, 6.07) is 0. The molecule has 0 aromatic carbocycles. The molecule has 4 nitrogen and oxygen atoms in total. The molecule has 0 bridgehead atoms. The molecule has 0 spiro atoms. The van der Waals surface area contributed by atoms with Crippen molar-refractivity contribution in [1.82, 2.24) is 15.3 Å². The normalized spacial score (nSPS) is 10.4. The van der Waals surface area contributed by atoms with Crippen molar-refractivity contribution in [2.24, 2.45) is 0 Å². The van der Waals surface area contributed by atoms with Gasteiger partial charge in [0.1, 0.15) is 5.82 Å². The maximum Gasteiger partial charge on any atom is 0.315 e. The molecular formula is C7H9F2N3O. The Bertz CT molecular complexity index is 261. The van der Waals surface area contributed by atoms with Gasteiger partial charge in [-0.25, -0.2) is 4.98 Å². The lowest BCUT2D eigenvalue weighted by Gasteiger charge is -2.01. The van der Waals surface area contributed by atoms with Crippen molar-refractivity contribution >= 4 is 5.91 Å². The first kappa shape index (κ1) is 9.63. The lowest BCUT2D eigenvalue weighted by molar-refractivity contribution is -0.131. The summed E-state index contributed by atoms with van der Waals surface area (Å²) < 4.78 is 23.3. The highest BCUT2D eigenvalue weighted by atomic mass is 19.3. The van der Waals surface area contributed by atoms with Crippen LogP contribution >= 0.6 is 0 Å². The van der Waals surface area contributed by atoms with Gasteiger partial charge in [0.25, 0.3) is 5.91 Å². The summed E-state index contributed by atoms with van der Waals surface area (Å²) in [5, 5.41) is 2.07. The number of aromatic amines is 1. The van der Waals surface area contributed by atoms with Crippen molar-refractivity contribution in [2.45, 2.75) is 12.8 Å². The van der Waals surface area contributed by atoms with Crippen LogP contribution in [0, 0.1) is 0 Å². The highest BCUT2D eigenvalue weighted by Crippen LogP contribution is 1.92. The van der Waals surface area contributed by atoms with Gasteiger partial charge >= 0.3 is 6.43 Å². The first-order valence-electron chi connectivity index (χ1n) is 3.74. The molecule has 0 aliphatic rings. The van der Waals surface area contributed by atoms with Crippen LogP contribution in [0.1, 0.15) is 5.82 Å². The lowest BCUT2D eigenvalue weighted by atomic mass is 10.4. The number of aromatic nitrogens is 2. The summed E-state index contributed by atoms with van der Waals surface area (Å²) in [5.41, 5.74) is 0. The number of H-pyrrole nitrogens is 1. The minimum atomic E-state index is -2.95. The molecule has 6 heteroatoms. The van der Waals surface area contributed by atoms with Crippen LogP contribution < -0.4 is 5.32 Å². The van der Waals surface area contributed by atoms with E-state index in [0.717, 1.165) is 0 Å². The SMILES string of the molecule is O=C(NCCc1ncc[nH]1)C(F)F. The molecule has 0 saturated carbocycles. The van der Waals surface area contributed by atoms with Gasteiger partial charge in [-0.05, 0) is 0 Å². The number of halogens is 2. The van der Waals surface area contributed by atoms with Gasteiger partial charge in [-0.1, -0.05) is 0 Å². The van der Waals surface area contributed by atoms with E-state index in [-0.39, 0.29) is 6.54 Å². The standard InChI is InChI=1S/C7H9F2N3O/c8-6(9)7(13)12-2-1-5-10-3-4-11-5/h3-4,6H,1-2H2,(H,10,11)(H,12,13). The molecule has 1 aromatic heterocycles. The van der Waals surface area contributed by atoms with E-state index in [0.29, 0.717) is 12.2 Å². The number of hydrogen-bond acceptors (Lipinski definition) is 2. The van der Waals surface area contributed by atoms with Crippen LogP contribution in [0.3, 0.4) is 0 Å². The van der Waals surface area contributed by atoms with Crippen LogP contribution in [0.4, 0.5) is 8.78 Å². The number of amides is 1. The summed E-state index contributed by atoms with van der Waals surface area (Å²) in [6.07, 6.45) is 0.664. The Labute approximate surface area is 73.4 Å². The largest absolute Gasteiger partial charge is 0.351 e. The average Bonchev–Trinajstić information content (AvgIpc) is 2.56. The van der Waals surface area contributed by atoms with E-state index in [9.17, 15) is 13.6 Å². The van der Waals surface area contributed by atoms with Crippen molar-refractivity contribution in [1.29, 1.82) is 0 Å². The number of rotatable bonds is 4. The van der Waals surface area contributed by atoms with Gasteiger partial charge in [0.05, 0.1) is 0 Å². The summed E-state index contributed by atoms with van der Waals surface area (Å²) >= 11 is 0. The van der Waals surface area contributed by atoms with Gasteiger partial charge in [-0.2, -0.15) is 8.78 Å². The minimum absolute atomic E-state index is 0.163. The van der Waals surface area contributed by atoms with Crippen LogP contribution in [0.25, 0.3) is 0 Å². The number of imidazole rings is 1. The fourth-order valence-corrected chi connectivity index (χ4v) is 0.816. The van der Waals surface area contributed by atoms with E-state index in [4.69, 9.17) is 0 Å². The first-order valence-corrected chi connectivity index (χ1v) is 3.74. The van der Waals surface area contributed by atoms with Crippen LogP contribution in [0.2, 0.25) is 0 Å². The number of carbonyl (C=O) groups is 1. The average molecular weight is 189 g/mol. The zero-order valence-corrected chi connectivity index (χ0v) is 6.76. The number of nitrogens with one attached hydrogen (secondary N) is 2. The van der Waals surface area contributed by atoms with Crippen LogP contribution in [0.15, 0.2) is 12.4 Å². The van der Waals surface area contributed by atoms with Crippen molar-refractivity contribution < 1.29 is 13.6 Å². The second kappa shape index (κ2) is 4.54. The maximum absolute atomic E-state index is 11.7. The van der Waals surface area contributed by atoms with Gasteiger partial charge in [0, 0.05) is 25.4 Å². The summed E-state index contributed by atoms with van der Waals surface area (Å²) in [6.45, 7) is 0.163. The number of hydrogen-bond donors (Lipinski definition) is 2. The fourth-order valence-electron chi connectivity index (χ4n) is 0.816. The van der Waals surface area contributed by atoms with Crippen molar-refractivity contribution in [3.63, 3.8) is 0 Å². The predicted molar refractivity (Wildman–Crippen MR) is 41.3 cm³/mol. The minimum Gasteiger partial charge on any atom is -0.351 e. The van der Waals surface area contributed by atoms with Gasteiger partial charge in [-0.3, -0.25) is 4.79 Å². The Hall–Kier alpha value is -1.46. The Morgan fingerprint density at radius 1 is 1.69 bits per heavy atom. The van der Waals surface area contributed by atoms with E-state index in [2.05, 4.69) is 15.3 Å². The molecule has 13 heavy (non-hydrogen) atoms. The Morgan fingerprint density at radius 2 is 2.46 bits per heavy atom. The molecule has 0 unspecified atom stereocenters. The zero-order chi connectivity index (χ0) is 9.68. The summed E-state index contributed by atoms with van der Waals surface area (Å²) in [7, 11) is 0. The Balaban J connectivity index is 2.18. The van der Waals surface area contributed by atoms with Crippen LogP contribution in [-0.2, 0) is 11.2 Å². The highest BCUT2D eigenvalue weighted by molar-refractivity contribution is 5.78. The third-order valence-corrected chi connectivity index (χ3v) is 1.41. The van der Waals surface area contributed by atoms with Crippen molar-refractivity contribution in [3.05, 3.63) is 18.2 Å². The zero-order valence-electron chi connectivity index (χ0n) is 6.76. The Kier molecular flexibility index (Phi) is 3.36. The van der Waals surface area contributed by atoms with Crippen LogP contribution in [0.5, 0.6) is 0 Å². The van der Waals surface area contributed by atoms with Crippen LogP contribution in [-0.4, -0.2) is 28.8 Å². The summed E-state index contributed by atoms with van der Waals surface area (Å²) in [4.78, 5) is 17.0. The summed E-state index contributed by atoms with van der Waals surface area (Å²) in [5.74, 6) is -0.582. The molecule has 0 fully saturated rings. The third kappa shape index (κ3) is 3.18. The number of alkyl halides is 2. The predicted octanol–water partition coefficient (Wildman–Crippen LogP) is 0.333.